The number of anilines is 1. The van der Waals surface area contributed by atoms with Crippen LogP contribution in [0.3, 0.4) is 0 Å². The first-order valence-corrected chi connectivity index (χ1v) is 11.8. The lowest BCUT2D eigenvalue weighted by Crippen LogP contribution is -2.15. The molecule has 1 amide bonds. The first-order valence-electron chi connectivity index (χ1n) is 8.74. The number of amides is 1. The van der Waals surface area contributed by atoms with E-state index in [1.165, 1.54) is 18.2 Å². The lowest BCUT2D eigenvalue weighted by Gasteiger charge is -2.08. The van der Waals surface area contributed by atoms with Crippen LogP contribution in [0.15, 0.2) is 52.5 Å². The molecule has 0 aliphatic heterocycles. The predicted molar refractivity (Wildman–Crippen MR) is 116 cm³/mol. The highest BCUT2D eigenvalue weighted by Gasteiger charge is 2.20. The lowest BCUT2D eigenvalue weighted by atomic mass is 10.2. The molecule has 0 aliphatic rings. The largest absolute Gasteiger partial charge is 0.506 e. The Hall–Kier alpha value is -2.56. The van der Waals surface area contributed by atoms with Gasteiger partial charge in [-0.3, -0.25) is 4.79 Å². The molecule has 1 heterocycles. The summed E-state index contributed by atoms with van der Waals surface area (Å²) in [5.41, 5.74) is 1.17. The van der Waals surface area contributed by atoms with Crippen molar-refractivity contribution in [1.29, 1.82) is 0 Å². The first kappa shape index (κ1) is 22.1. The van der Waals surface area contributed by atoms with Crippen LogP contribution in [0.2, 0.25) is 5.02 Å². The highest BCUT2D eigenvalue weighted by Crippen LogP contribution is 2.27. The molecule has 30 heavy (non-hydrogen) atoms. The number of aromatic nitrogens is 3. The van der Waals surface area contributed by atoms with Crippen molar-refractivity contribution in [3.63, 3.8) is 0 Å². The maximum Gasteiger partial charge on any atom is 0.234 e. The number of hydrogen-bond acceptors (Lipinski definition) is 7. The van der Waals surface area contributed by atoms with Crippen LogP contribution in [0.1, 0.15) is 11.4 Å². The maximum absolute atomic E-state index is 12.6. The number of benzene rings is 2. The van der Waals surface area contributed by atoms with E-state index in [1.54, 1.807) is 35.9 Å². The molecule has 0 saturated heterocycles. The second-order valence-electron chi connectivity index (χ2n) is 6.53. The molecule has 0 bridgehead atoms. The number of rotatable bonds is 7. The van der Waals surface area contributed by atoms with Gasteiger partial charge in [-0.1, -0.05) is 41.1 Å². The van der Waals surface area contributed by atoms with Gasteiger partial charge in [-0.05, 0) is 37.3 Å². The average Bonchev–Trinajstić information content (AvgIpc) is 3.02. The van der Waals surface area contributed by atoms with Gasteiger partial charge >= 0.3 is 0 Å². The minimum absolute atomic E-state index is 0.0113. The Morgan fingerprint density at radius 2 is 1.90 bits per heavy atom. The molecule has 0 atom stereocenters. The fourth-order valence-corrected chi connectivity index (χ4v) is 4.73. The summed E-state index contributed by atoms with van der Waals surface area (Å²) in [7, 11) is -1.93. The van der Waals surface area contributed by atoms with Crippen molar-refractivity contribution in [2.24, 2.45) is 7.05 Å². The molecule has 3 rings (SSSR count). The fourth-order valence-electron chi connectivity index (χ4n) is 2.52. The highest BCUT2D eigenvalue weighted by atomic mass is 35.5. The highest BCUT2D eigenvalue weighted by molar-refractivity contribution is 7.99. The zero-order valence-electron chi connectivity index (χ0n) is 16.2. The van der Waals surface area contributed by atoms with Crippen LogP contribution in [-0.2, 0) is 27.4 Å². The fraction of sp³-hybridized carbons (Fsp3) is 0.211. The quantitative estimate of drug-likeness (QED) is 0.406. The van der Waals surface area contributed by atoms with Crippen molar-refractivity contribution in [3.05, 3.63) is 58.9 Å². The molecule has 3 aromatic rings. The van der Waals surface area contributed by atoms with Gasteiger partial charge in [0.15, 0.2) is 15.0 Å². The number of nitrogens with one attached hydrogen (secondary N) is 1. The number of hydrogen-bond donors (Lipinski definition) is 2. The van der Waals surface area contributed by atoms with Crippen molar-refractivity contribution < 1.29 is 18.3 Å². The second-order valence-corrected chi connectivity index (χ2v) is 9.90. The molecule has 2 aromatic carbocycles. The van der Waals surface area contributed by atoms with Crippen LogP contribution < -0.4 is 5.32 Å². The number of halogens is 1. The van der Waals surface area contributed by atoms with E-state index in [0.29, 0.717) is 10.2 Å². The summed E-state index contributed by atoms with van der Waals surface area (Å²) in [4.78, 5) is 12.4. The number of carbonyl (C=O) groups excluding carboxylic acids is 1. The van der Waals surface area contributed by atoms with E-state index in [1.807, 2.05) is 6.92 Å². The monoisotopic (exact) mass is 466 g/mol. The summed E-state index contributed by atoms with van der Waals surface area (Å²) < 4.78 is 26.8. The van der Waals surface area contributed by atoms with E-state index in [4.69, 9.17) is 11.6 Å². The Labute approximate surface area is 183 Å². The van der Waals surface area contributed by atoms with Gasteiger partial charge in [-0.25, -0.2) is 8.42 Å². The molecule has 0 spiro atoms. The molecule has 0 radical (unpaired) electrons. The van der Waals surface area contributed by atoms with Gasteiger partial charge in [-0.2, -0.15) is 0 Å². The predicted octanol–water partition coefficient (Wildman–Crippen LogP) is 3.19. The minimum atomic E-state index is -3.57. The van der Waals surface area contributed by atoms with Crippen LogP contribution in [0.25, 0.3) is 0 Å². The van der Waals surface area contributed by atoms with E-state index in [-0.39, 0.29) is 39.6 Å². The van der Waals surface area contributed by atoms with E-state index < -0.39 is 9.84 Å². The van der Waals surface area contributed by atoms with Crippen LogP contribution in [0.5, 0.6) is 5.75 Å². The van der Waals surface area contributed by atoms with Crippen LogP contribution in [-0.4, -0.2) is 39.9 Å². The number of sulfone groups is 1. The molecule has 0 saturated carbocycles. The SMILES string of the molecule is Cc1ccc(S(=O)(=O)Cc2nnc(SCC(=O)Nc3cc(Cl)ccc3O)n2C)cc1. The molecule has 8 nitrogen and oxygen atoms in total. The summed E-state index contributed by atoms with van der Waals surface area (Å²) in [6.07, 6.45) is 0. The van der Waals surface area contributed by atoms with Crippen LogP contribution in [0, 0.1) is 6.92 Å². The summed E-state index contributed by atoms with van der Waals surface area (Å²) in [6, 6.07) is 10.9. The summed E-state index contributed by atoms with van der Waals surface area (Å²) in [6.45, 7) is 1.88. The third-order valence-electron chi connectivity index (χ3n) is 4.19. The molecule has 0 aliphatic carbocycles. The number of phenols is 1. The van der Waals surface area contributed by atoms with Crippen LogP contribution >= 0.6 is 23.4 Å². The third-order valence-corrected chi connectivity index (χ3v) is 7.07. The van der Waals surface area contributed by atoms with Crippen molar-refractivity contribution >= 4 is 44.8 Å². The van der Waals surface area contributed by atoms with Gasteiger partial charge in [0, 0.05) is 12.1 Å². The van der Waals surface area contributed by atoms with E-state index in [2.05, 4.69) is 15.5 Å². The van der Waals surface area contributed by atoms with Crippen LogP contribution in [0.4, 0.5) is 5.69 Å². The first-order chi connectivity index (χ1) is 14.2. The molecule has 0 unspecified atom stereocenters. The standard InChI is InChI=1S/C19H19ClN4O4S2/c1-12-3-6-14(7-4-12)30(27,28)11-17-22-23-19(24(17)2)29-10-18(26)21-15-9-13(20)5-8-16(15)25/h3-9,25H,10-11H2,1-2H3,(H,21,26). The molecular weight excluding hydrogens is 448 g/mol. The Bertz CT molecular complexity index is 1180. The number of thioether (sulfide) groups is 1. The van der Waals surface area contributed by atoms with Gasteiger partial charge in [0.2, 0.25) is 5.91 Å². The van der Waals surface area contributed by atoms with Crippen molar-refractivity contribution in [2.45, 2.75) is 22.7 Å². The van der Waals surface area contributed by atoms with Crippen molar-refractivity contribution in [1.82, 2.24) is 14.8 Å². The Kier molecular flexibility index (Phi) is 6.69. The summed E-state index contributed by atoms with van der Waals surface area (Å²) in [5, 5.41) is 21.0. The van der Waals surface area contributed by atoms with Gasteiger partial charge in [-0.15, -0.1) is 10.2 Å². The van der Waals surface area contributed by atoms with E-state index in [9.17, 15) is 18.3 Å². The Morgan fingerprint density at radius 3 is 2.60 bits per heavy atom. The zero-order valence-corrected chi connectivity index (χ0v) is 18.6. The van der Waals surface area contributed by atoms with Gasteiger partial charge < -0.3 is 15.0 Å². The molecule has 11 heteroatoms. The Morgan fingerprint density at radius 1 is 1.20 bits per heavy atom. The number of aromatic hydroxyl groups is 1. The molecule has 1 aromatic heterocycles. The van der Waals surface area contributed by atoms with Gasteiger partial charge in [0.05, 0.1) is 16.3 Å². The number of phenolic OH excluding ortho intramolecular Hbond substituents is 1. The smallest absolute Gasteiger partial charge is 0.234 e. The lowest BCUT2D eigenvalue weighted by molar-refractivity contribution is -0.113. The Balaban J connectivity index is 1.64. The van der Waals surface area contributed by atoms with Crippen molar-refractivity contribution in [3.8, 4) is 5.75 Å². The molecule has 158 valence electrons. The number of aryl methyl sites for hydroxylation is 1. The minimum Gasteiger partial charge on any atom is -0.506 e. The maximum atomic E-state index is 12.6. The van der Waals surface area contributed by atoms with E-state index in [0.717, 1.165) is 17.3 Å². The normalized spacial score (nSPS) is 11.4. The summed E-state index contributed by atoms with van der Waals surface area (Å²) >= 11 is 6.96. The topological polar surface area (TPSA) is 114 Å². The van der Waals surface area contributed by atoms with Gasteiger partial charge in [0.1, 0.15) is 17.3 Å². The molecular formula is C19H19ClN4O4S2. The summed E-state index contributed by atoms with van der Waals surface area (Å²) in [5.74, 6) is -0.522. The molecule has 2 N–H and O–H groups in total. The van der Waals surface area contributed by atoms with Crippen molar-refractivity contribution in [2.75, 3.05) is 11.1 Å². The second kappa shape index (κ2) is 9.07. The zero-order chi connectivity index (χ0) is 21.9. The number of nitrogens with zero attached hydrogens (tertiary/aromatic N) is 3. The molecule has 0 fully saturated rings. The number of carbonyl (C=O) groups is 1. The van der Waals surface area contributed by atoms with Gasteiger partial charge in [0.25, 0.3) is 0 Å². The third kappa shape index (κ3) is 5.32. The average molecular weight is 467 g/mol. The van der Waals surface area contributed by atoms with E-state index >= 15 is 0 Å².